The number of benzene rings is 2. The molecule has 2 rings (SSSR count). The number of amides is 1. The number of carbonyl (C=O) groups is 1. The van der Waals surface area contributed by atoms with Crippen LogP contribution in [-0.2, 0) is 0 Å². The summed E-state index contributed by atoms with van der Waals surface area (Å²) in [5.41, 5.74) is 0.829. The van der Waals surface area contributed by atoms with Gasteiger partial charge in [0.2, 0.25) is 0 Å². The highest BCUT2D eigenvalue weighted by molar-refractivity contribution is 9.10. The van der Waals surface area contributed by atoms with Gasteiger partial charge in [-0.05, 0) is 42.8 Å². The van der Waals surface area contributed by atoms with Crippen LogP contribution in [0.25, 0.3) is 0 Å². The van der Waals surface area contributed by atoms with Gasteiger partial charge in [-0.15, -0.1) is 0 Å². The minimum absolute atomic E-state index is 0.0770. The van der Waals surface area contributed by atoms with Crippen LogP contribution in [0.15, 0.2) is 46.9 Å². The van der Waals surface area contributed by atoms with Crippen molar-refractivity contribution in [3.05, 3.63) is 63.9 Å². The largest absolute Gasteiger partial charge is 0.507 e. The summed E-state index contributed by atoms with van der Waals surface area (Å²) in [5.74, 6) is -1.33. The lowest BCUT2D eigenvalue weighted by Crippen LogP contribution is -2.26. The van der Waals surface area contributed by atoms with E-state index in [0.29, 0.717) is 0 Å². The molecule has 0 aliphatic carbocycles. The van der Waals surface area contributed by atoms with Crippen molar-refractivity contribution in [3.8, 4) is 5.75 Å². The quantitative estimate of drug-likeness (QED) is 0.895. The molecule has 0 saturated heterocycles. The van der Waals surface area contributed by atoms with Crippen LogP contribution in [0.2, 0.25) is 0 Å². The summed E-state index contributed by atoms with van der Waals surface area (Å²) < 4.78 is 14.0. The first-order chi connectivity index (χ1) is 9.47. The van der Waals surface area contributed by atoms with Gasteiger partial charge in [0.15, 0.2) is 0 Å². The Bertz CT molecular complexity index is 646. The predicted octanol–water partition coefficient (Wildman–Crippen LogP) is 3.78. The Morgan fingerprint density at radius 1 is 1.30 bits per heavy atom. The minimum atomic E-state index is -0.567. The predicted molar refractivity (Wildman–Crippen MR) is 78.1 cm³/mol. The van der Waals surface area contributed by atoms with Crippen LogP contribution >= 0.6 is 15.9 Å². The van der Waals surface area contributed by atoms with E-state index < -0.39 is 11.7 Å². The second kappa shape index (κ2) is 6.05. The SMILES string of the molecule is CC(NC(=O)c1cc(F)ccc1O)c1cccc(Br)c1. The second-order valence-corrected chi connectivity index (χ2v) is 5.33. The van der Waals surface area contributed by atoms with E-state index in [0.717, 1.165) is 28.2 Å². The number of phenolic OH excluding ortho intramolecular Hbond substituents is 1. The normalized spacial score (nSPS) is 11.9. The van der Waals surface area contributed by atoms with Gasteiger partial charge in [-0.1, -0.05) is 28.1 Å². The summed E-state index contributed by atoms with van der Waals surface area (Å²) in [6.07, 6.45) is 0. The summed E-state index contributed by atoms with van der Waals surface area (Å²) in [7, 11) is 0. The third kappa shape index (κ3) is 3.36. The molecule has 3 nitrogen and oxygen atoms in total. The lowest BCUT2D eigenvalue weighted by Gasteiger charge is -2.15. The lowest BCUT2D eigenvalue weighted by atomic mass is 10.1. The Labute approximate surface area is 124 Å². The smallest absolute Gasteiger partial charge is 0.255 e. The molecule has 20 heavy (non-hydrogen) atoms. The van der Waals surface area contributed by atoms with E-state index in [-0.39, 0.29) is 17.4 Å². The van der Waals surface area contributed by atoms with Gasteiger partial charge in [-0.25, -0.2) is 4.39 Å². The molecule has 0 aromatic heterocycles. The highest BCUT2D eigenvalue weighted by Crippen LogP contribution is 2.21. The van der Waals surface area contributed by atoms with Crippen molar-refractivity contribution in [2.24, 2.45) is 0 Å². The van der Waals surface area contributed by atoms with Gasteiger partial charge in [0.05, 0.1) is 11.6 Å². The molecule has 0 spiro atoms. The van der Waals surface area contributed by atoms with Crippen molar-refractivity contribution in [2.45, 2.75) is 13.0 Å². The molecule has 0 aliphatic rings. The third-order valence-electron chi connectivity index (χ3n) is 2.90. The van der Waals surface area contributed by atoms with Crippen LogP contribution in [0.1, 0.15) is 28.9 Å². The first-order valence-corrected chi connectivity index (χ1v) is 6.81. The van der Waals surface area contributed by atoms with Crippen LogP contribution in [-0.4, -0.2) is 11.0 Å². The Balaban J connectivity index is 2.17. The van der Waals surface area contributed by atoms with Crippen LogP contribution in [0, 0.1) is 5.82 Å². The number of carbonyl (C=O) groups excluding carboxylic acids is 1. The van der Waals surface area contributed by atoms with Gasteiger partial charge in [-0.3, -0.25) is 4.79 Å². The standard InChI is InChI=1S/C15H13BrFNO2/c1-9(10-3-2-4-11(16)7-10)18-15(20)13-8-12(17)5-6-14(13)19/h2-9,19H,1H3,(H,18,20). The first kappa shape index (κ1) is 14.5. The molecule has 2 N–H and O–H groups in total. The molecule has 0 bridgehead atoms. The molecule has 1 atom stereocenters. The number of rotatable bonds is 3. The number of aromatic hydroxyl groups is 1. The van der Waals surface area contributed by atoms with Crippen LogP contribution in [0.5, 0.6) is 5.75 Å². The maximum atomic E-state index is 13.1. The number of phenols is 1. The van der Waals surface area contributed by atoms with Crippen LogP contribution < -0.4 is 5.32 Å². The van der Waals surface area contributed by atoms with Gasteiger partial charge in [0.25, 0.3) is 5.91 Å². The average molecular weight is 338 g/mol. The fourth-order valence-corrected chi connectivity index (χ4v) is 2.24. The van der Waals surface area contributed by atoms with Crippen molar-refractivity contribution in [2.75, 3.05) is 0 Å². The molecule has 0 radical (unpaired) electrons. The van der Waals surface area contributed by atoms with E-state index in [2.05, 4.69) is 21.2 Å². The van der Waals surface area contributed by atoms with Crippen LogP contribution in [0.4, 0.5) is 4.39 Å². The summed E-state index contributed by atoms with van der Waals surface area (Å²) in [6.45, 7) is 1.82. The number of hydrogen-bond acceptors (Lipinski definition) is 2. The van der Waals surface area contributed by atoms with E-state index in [4.69, 9.17) is 0 Å². The molecule has 0 heterocycles. The Morgan fingerprint density at radius 3 is 2.75 bits per heavy atom. The zero-order valence-electron chi connectivity index (χ0n) is 10.7. The summed E-state index contributed by atoms with van der Waals surface area (Å²) >= 11 is 3.36. The highest BCUT2D eigenvalue weighted by Gasteiger charge is 2.15. The van der Waals surface area contributed by atoms with Gasteiger partial charge < -0.3 is 10.4 Å². The molecule has 0 saturated carbocycles. The van der Waals surface area contributed by atoms with E-state index in [1.807, 2.05) is 31.2 Å². The summed E-state index contributed by atoms with van der Waals surface area (Å²) in [4.78, 5) is 12.0. The van der Waals surface area contributed by atoms with E-state index in [1.54, 1.807) is 0 Å². The maximum Gasteiger partial charge on any atom is 0.255 e. The summed E-state index contributed by atoms with van der Waals surface area (Å²) in [6, 6.07) is 10.5. The Kier molecular flexibility index (Phi) is 4.39. The topological polar surface area (TPSA) is 49.3 Å². The number of nitrogens with one attached hydrogen (secondary N) is 1. The molecule has 0 fully saturated rings. The Morgan fingerprint density at radius 2 is 2.05 bits per heavy atom. The van der Waals surface area contributed by atoms with Crippen molar-refractivity contribution >= 4 is 21.8 Å². The fraction of sp³-hybridized carbons (Fsp3) is 0.133. The molecule has 2 aromatic rings. The zero-order chi connectivity index (χ0) is 14.7. The number of hydrogen-bond donors (Lipinski definition) is 2. The maximum absolute atomic E-state index is 13.1. The third-order valence-corrected chi connectivity index (χ3v) is 3.39. The van der Waals surface area contributed by atoms with Crippen molar-refractivity contribution in [1.82, 2.24) is 5.32 Å². The minimum Gasteiger partial charge on any atom is -0.507 e. The van der Waals surface area contributed by atoms with E-state index in [9.17, 15) is 14.3 Å². The molecule has 5 heteroatoms. The monoisotopic (exact) mass is 337 g/mol. The van der Waals surface area contributed by atoms with Crippen LogP contribution in [0.3, 0.4) is 0 Å². The molecule has 1 amide bonds. The zero-order valence-corrected chi connectivity index (χ0v) is 12.3. The average Bonchev–Trinajstić information content (AvgIpc) is 2.41. The highest BCUT2D eigenvalue weighted by atomic mass is 79.9. The number of halogens is 2. The molecular formula is C15H13BrFNO2. The first-order valence-electron chi connectivity index (χ1n) is 6.02. The van der Waals surface area contributed by atoms with E-state index >= 15 is 0 Å². The molecule has 104 valence electrons. The lowest BCUT2D eigenvalue weighted by molar-refractivity contribution is 0.0936. The van der Waals surface area contributed by atoms with Gasteiger partial charge in [0.1, 0.15) is 11.6 Å². The van der Waals surface area contributed by atoms with Crippen molar-refractivity contribution < 1.29 is 14.3 Å². The second-order valence-electron chi connectivity index (χ2n) is 4.41. The fourth-order valence-electron chi connectivity index (χ4n) is 1.82. The molecule has 0 aliphatic heterocycles. The van der Waals surface area contributed by atoms with Crippen molar-refractivity contribution in [3.63, 3.8) is 0 Å². The van der Waals surface area contributed by atoms with Gasteiger partial charge in [0, 0.05) is 4.47 Å². The van der Waals surface area contributed by atoms with Gasteiger partial charge in [-0.2, -0.15) is 0 Å². The Hall–Kier alpha value is -1.88. The van der Waals surface area contributed by atoms with Crippen molar-refractivity contribution in [1.29, 1.82) is 0 Å². The molecule has 2 aromatic carbocycles. The van der Waals surface area contributed by atoms with E-state index in [1.165, 1.54) is 0 Å². The molecular weight excluding hydrogens is 325 g/mol. The molecule has 1 unspecified atom stereocenters. The summed E-state index contributed by atoms with van der Waals surface area (Å²) in [5, 5.41) is 12.3. The van der Waals surface area contributed by atoms with Gasteiger partial charge >= 0.3 is 0 Å².